The van der Waals surface area contributed by atoms with E-state index >= 15 is 0 Å². The van der Waals surface area contributed by atoms with Gasteiger partial charge in [0.25, 0.3) is 0 Å². The molecule has 0 heterocycles. The largest absolute Gasteiger partial charge is 0.497 e. The van der Waals surface area contributed by atoms with E-state index in [0.717, 1.165) is 17.5 Å². The van der Waals surface area contributed by atoms with Gasteiger partial charge in [-0.3, -0.25) is 0 Å². The van der Waals surface area contributed by atoms with Crippen LogP contribution in [0.4, 0.5) is 8.78 Å². The minimum atomic E-state index is -0.614. The minimum absolute atomic E-state index is 0.0131. The normalized spacial score (nSPS) is 12.2. The number of halogens is 2. The molecular weight excluding hydrogens is 272 g/mol. The van der Waals surface area contributed by atoms with E-state index in [1.54, 1.807) is 7.05 Å². The first-order chi connectivity index (χ1) is 10.1. The van der Waals surface area contributed by atoms with E-state index in [1.807, 2.05) is 31.2 Å². The number of hydrogen-bond acceptors (Lipinski definition) is 2. The molecule has 0 fully saturated rings. The van der Waals surface area contributed by atoms with Crippen LogP contribution in [-0.4, -0.2) is 14.2 Å². The summed E-state index contributed by atoms with van der Waals surface area (Å²) in [7, 11) is 3.08. The summed E-state index contributed by atoms with van der Waals surface area (Å²) >= 11 is 0. The number of hydrogen-bond donors (Lipinski definition) is 1. The zero-order valence-corrected chi connectivity index (χ0v) is 12.4. The van der Waals surface area contributed by atoms with Crippen molar-refractivity contribution in [2.75, 3.05) is 14.2 Å². The molecule has 0 amide bonds. The predicted molar refractivity (Wildman–Crippen MR) is 79.6 cm³/mol. The number of methoxy groups -OCH3 is 1. The van der Waals surface area contributed by atoms with Gasteiger partial charge in [0.05, 0.1) is 13.2 Å². The minimum Gasteiger partial charge on any atom is -0.497 e. The molecule has 0 aromatic heterocycles. The van der Waals surface area contributed by atoms with Gasteiger partial charge in [-0.2, -0.15) is 0 Å². The molecule has 0 spiro atoms. The van der Waals surface area contributed by atoms with Gasteiger partial charge >= 0.3 is 0 Å². The van der Waals surface area contributed by atoms with Gasteiger partial charge < -0.3 is 10.1 Å². The Labute approximate surface area is 123 Å². The molecule has 0 radical (unpaired) electrons. The molecule has 0 aliphatic heterocycles. The van der Waals surface area contributed by atoms with Crippen molar-refractivity contribution in [2.24, 2.45) is 0 Å². The molecule has 2 aromatic carbocycles. The number of nitrogens with one attached hydrogen (secondary N) is 1. The third-order valence-electron chi connectivity index (χ3n) is 3.61. The molecule has 21 heavy (non-hydrogen) atoms. The Morgan fingerprint density at radius 1 is 1.14 bits per heavy atom. The Hall–Kier alpha value is -1.94. The van der Waals surface area contributed by atoms with Crippen molar-refractivity contribution in [1.29, 1.82) is 0 Å². The zero-order valence-electron chi connectivity index (χ0n) is 12.4. The van der Waals surface area contributed by atoms with Crippen molar-refractivity contribution >= 4 is 0 Å². The van der Waals surface area contributed by atoms with Crippen LogP contribution in [0.1, 0.15) is 29.7 Å². The lowest BCUT2D eigenvalue weighted by atomic mass is 9.92. The van der Waals surface area contributed by atoms with Crippen LogP contribution in [0.25, 0.3) is 0 Å². The van der Waals surface area contributed by atoms with Gasteiger partial charge in [-0.15, -0.1) is 0 Å². The summed E-state index contributed by atoms with van der Waals surface area (Å²) in [4.78, 5) is 0. The van der Waals surface area contributed by atoms with Crippen molar-refractivity contribution in [2.45, 2.75) is 19.4 Å². The Balaban J connectivity index is 2.57. The van der Waals surface area contributed by atoms with Gasteiger partial charge in [0, 0.05) is 17.7 Å². The van der Waals surface area contributed by atoms with Crippen molar-refractivity contribution in [3.8, 4) is 5.75 Å². The Morgan fingerprint density at radius 2 is 1.76 bits per heavy atom. The summed E-state index contributed by atoms with van der Waals surface area (Å²) in [6.45, 7) is 2.02. The maximum atomic E-state index is 14.3. The second-order valence-corrected chi connectivity index (χ2v) is 4.78. The zero-order chi connectivity index (χ0) is 15.4. The van der Waals surface area contributed by atoms with Crippen LogP contribution in [0, 0.1) is 11.6 Å². The SMILES string of the molecule is CCc1ccccc1C(NC)c1c(F)cc(OC)cc1F. The van der Waals surface area contributed by atoms with Crippen molar-refractivity contribution in [3.63, 3.8) is 0 Å². The van der Waals surface area contributed by atoms with Gasteiger partial charge in [-0.1, -0.05) is 31.2 Å². The van der Waals surface area contributed by atoms with Crippen LogP contribution in [-0.2, 0) is 6.42 Å². The first-order valence-corrected chi connectivity index (χ1v) is 6.90. The predicted octanol–water partition coefficient (Wildman–Crippen LogP) is 3.84. The van der Waals surface area contributed by atoms with E-state index in [2.05, 4.69) is 5.32 Å². The fourth-order valence-electron chi connectivity index (χ4n) is 2.55. The molecule has 1 unspecified atom stereocenters. The van der Waals surface area contributed by atoms with E-state index in [1.165, 1.54) is 19.2 Å². The summed E-state index contributed by atoms with van der Waals surface area (Å²) in [5.41, 5.74) is 1.95. The van der Waals surface area contributed by atoms with Crippen LogP contribution in [0.15, 0.2) is 36.4 Å². The maximum Gasteiger partial charge on any atom is 0.134 e. The molecule has 0 aliphatic rings. The van der Waals surface area contributed by atoms with Crippen molar-refractivity contribution in [3.05, 3.63) is 64.7 Å². The van der Waals surface area contributed by atoms with E-state index in [9.17, 15) is 8.78 Å². The van der Waals surface area contributed by atoms with Crippen LogP contribution >= 0.6 is 0 Å². The summed E-state index contributed by atoms with van der Waals surface area (Å²) in [5.74, 6) is -1.05. The van der Waals surface area contributed by atoms with Gasteiger partial charge in [-0.25, -0.2) is 8.78 Å². The molecule has 2 nitrogen and oxygen atoms in total. The van der Waals surface area contributed by atoms with E-state index in [4.69, 9.17) is 4.74 Å². The fraction of sp³-hybridized carbons (Fsp3) is 0.294. The van der Waals surface area contributed by atoms with Crippen molar-refractivity contribution in [1.82, 2.24) is 5.32 Å². The second kappa shape index (κ2) is 6.68. The molecule has 4 heteroatoms. The average molecular weight is 291 g/mol. The van der Waals surface area contributed by atoms with Crippen molar-refractivity contribution < 1.29 is 13.5 Å². The molecule has 1 N–H and O–H groups in total. The highest BCUT2D eigenvalue weighted by atomic mass is 19.1. The second-order valence-electron chi connectivity index (χ2n) is 4.78. The van der Waals surface area contributed by atoms with E-state index < -0.39 is 17.7 Å². The Bertz CT molecular complexity index is 605. The molecule has 0 aliphatic carbocycles. The number of aryl methyl sites for hydroxylation is 1. The van der Waals surface area contributed by atoms with Crippen LogP contribution in [0.3, 0.4) is 0 Å². The summed E-state index contributed by atoms with van der Waals surface area (Å²) in [6.07, 6.45) is 0.799. The quantitative estimate of drug-likeness (QED) is 0.903. The average Bonchev–Trinajstić information content (AvgIpc) is 2.50. The monoisotopic (exact) mass is 291 g/mol. The van der Waals surface area contributed by atoms with Crippen LogP contribution < -0.4 is 10.1 Å². The lowest BCUT2D eigenvalue weighted by Crippen LogP contribution is -2.21. The maximum absolute atomic E-state index is 14.3. The highest BCUT2D eigenvalue weighted by Crippen LogP contribution is 2.31. The molecular formula is C17H19F2NO. The van der Waals surface area contributed by atoms with Gasteiger partial charge in [0.2, 0.25) is 0 Å². The van der Waals surface area contributed by atoms with Gasteiger partial charge in [0.1, 0.15) is 17.4 Å². The Morgan fingerprint density at radius 3 is 2.29 bits per heavy atom. The first kappa shape index (κ1) is 15.4. The molecule has 0 bridgehead atoms. The van der Waals surface area contributed by atoms with Gasteiger partial charge in [-0.05, 0) is 24.6 Å². The lowest BCUT2D eigenvalue weighted by Gasteiger charge is -2.21. The molecule has 112 valence electrons. The topological polar surface area (TPSA) is 21.3 Å². The summed E-state index contributed by atoms with van der Waals surface area (Å²) in [6, 6.07) is 9.54. The van der Waals surface area contributed by atoms with E-state index in [0.29, 0.717) is 0 Å². The number of rotatable bonds is 5. The molecule has 0 saturated heterocycles. The summed E-state index contributed by atoms with van der Waals surface area (Å²) in [5, 5.41) is 3.01. The standard InChI is InChI=1S/C17H19F2NO/c1-4-11-7-5-6-8-13(11)17(20-2)16-14(18)9-12(21-3)10-15(16)19/h5-10,17,20H,4H2,1-3H3. The Kier molecular flexibility index (Phi) is 4.91. The molecule has 1 atom stereocenters. The highest BCUT2D eigenvalue weighted by molar-refractivity contribution is 5.41. The summed E-state index contributed by atoms with van der Waals surface area (Å²) < 4.78 is 33.5. The van der Waals surface area contributed by atoms with Gasteiger partial charge in [0.15, 0.2) is 0 Å². The highest BCUT2D eigenvalue weighted by Gasteiger charge is 2.23. The number of ether oxygens (including phenoxy) is 1. The van der Waals surface area contributed by atoms with Crippen LogP contribution in [0.5, 0.6) is 5.75 Å². The van der Waals surface area contributed by atoms with E-state index in [-0.39, 0.29) is 11.3 Å². The smallest absolute Gasteiger partial charge is 0.134 e. The molecule has 0 saturated carbocycles. The molecule has 2 aromatic rings. The first-order valence-electron chi connectivity index (χ1n) is 6.90. The fourth-order valence-corrected chi connectivity index (χ4v) is 2.55. The van der Waals surface area contributed by atoms with Crippen LogP contribution in [0.2, 0.25) is 0 Å². The lowest BCUT2D eigenvalue weighted by molar-refractivity contribution is 0.403. The third kappa shape index (κ3) is 3.05. The number of benzene rings is 2. The molecule has 2 rings (SSSR count). The third-order valence-corrected chi connectivity index (χ3v) is 3.61.